The quantitative estimate of drug-likeness (QED) is 0.429. The van der Waals surface area contributed by atoms with Crippen LogP contribution in [-0.4, -0.2) is 9.91 Å². The molecule has 3 aromatic rings. The summed E-state index contributed by atoms with van der Waals surface area (Å²) in [6.07, 6.45) is 1.42. The first kappa shape index (κ1) is 15.5. The lowest BCUT2D eigenvalue weighted by Crippen LogP contribution is -1.92. The molecular weight excluding hydrogens is 332 g/mol. The third-order valence-corrected chi connectivity index (χ3v) is 3.40. The molecule has 0 spiro atoms. The van der Waals surface area contributed by atoms with Gasteiger partial charge in [-0.25, -0.2) is 4.98 Å². The number of aromatic nitrogens is 1. The highest BCUT2D eigenvalue weighted by atomic mass is 35.5. The molecule has 0 saturated heterocycles. The second kappa shape index (κ2) is 6.40. The van der Waals surface area contributed by atoms with Crippen molar-refractivity contribution in [1.29, 1.82) is 5.26 Å². The van der Waals surface area contributed by atoms with Crippen LogP contribution in [0.1, 0.15) is 5.89 Å². The number of halogens is 1. The van der Waals surface area contributed by atoms with Gasteiger partial charge in [0.2, 0.25) is 5.89 Å². The van der Waals surface area contributed by atoms with Gasteiger partial charge in [0, 0.05) is 29.0 Å². The molecule has 0 radical (unpaired) electrons. The van der Waals surface area contributed by atoms with E-state index in [1.54, 1.807) is 18.2 Å². The number of nitrogens with one attached hydrogen (secondary N) is 1. The Morgan fingerprint density at radius 2 is 2.08 bits per heavy atom. The molecule has 0 fully saturated rings. The number of allylic oxidation sites excluding steroid dienone is 1. The molecule has 1 N–H and O–H groups in total. The molecule has 0 amide bonds. The topological polar surface area (TPSA) is 105 Å². The van der Waals surface area contributed by atoms with Gasteiger partial charge in [-0.3, -0.25) is 10.1 Å². The summed E-state index contributed by atoms with van der Waals surface area (Å²) >= 11 is 5.90. The summed E-state index contributed by atoms with van der Waals surface area (Å²) in [4.78, 5) is 14.4. The van der Waals surface area contributed by atoms with E-state index in [4.69, 9.17) is 16.0 Å². The van der Waals surface area contributed by atoms with Gasteiger partial charge in [0.15, 0.2) is 5.58 Å². The van der Waals surface area contributed by atoms with Crippen LogP contribution in [0, 0.1) is 21.4 Å². The Hall–Kier alpha value is -3.37. The molecule has 0 aliphatic rings. The van der Waals surface area contributed by atoms with Crippen molar-refractivity contribution >= 4 is 39.6 Å². The van der Waals surface area contributed by atoms with Gasteiger partial charge in [-0.1, -0.05) is 11.6 Å². The maximum atomic E-state index is 10.6. The normalized spacial score (nSPS) is 11.2. The highest BCUT2D eigenvalue weighted by Crippen LogP contribution is 2.24. The average molecular weight is 341 g/mol. The van der Waals surface area contributed by atoms with Gasteiger partial charge in [-0.05, 0) is 30.3 Å². The molecule has 0 bridgehead atoms. The molecule has 118 valence electrons. The fraction of sp³-hybridized carbons (Fsp3) is 0. The lowest BCUT2D eigenvalue weighted by molar-refractivity contribution is -0.384. The number of nitro groups is 1. The SMILES string of the molecule is N#C/C(=C/Nc1ccc([N+](=O)[O-])cc1)c1nc2cc(Cl)ccc2o1. The molecule has 1 aromatic heterocycles. The van der Waals surface area contributed by atoms with Gasteiger partial charge in [-0.2, -0.15) is 5.26 Å². The van der Waals surface area contributed by atoms with E-state index < -0.39 is 4.92 Å². The molecule has 2 aromatic carbocycles. The fourth-order valence-corrected chi connectivity index (χ4v) is 2.16. The lowest BCUT2D eigenvalue weighted by atomic mass is 10.2. The van der Waals surface area contributed by atoms with Crippen molar-refractivity contribution in [3.63, 3.8) is 0 Å². The minimum Gasteiger partial charge on any atom is -0.435 e. The number of nitro benzene ring substituents is 1. The van der Waals surface area contributed by atoms with Crippen molar-refractivity contribution in [3.8, 4) is 6.07 Å². The number of fused-ring (bicyclic) bond motifs is 1. The Morgan fingerprint density at radius 3 is 2.75 bits per heavy atom. The summed E-state index contributed by atoms with van der Waals surface area (Å²) in [5.74, 6) is 0.157. The molecule has 7 nitrogen and oxygen atoms in total. The van der Waals surface area contributed by atoms with Crippen molar-refractivity contribution < 1.29 is 9.34 Å². The first-order chi connectivity index (χ1) is 11.6. The first-order valence-electron chi connectivity index (χ1n) is 6.74. The number of benzene rings is 2. The Bertz CT molecular complexity index is 987. The van der Waals surface area contributed by atoms with Gasteiger partial charge in [-0.15, -0.1) is 0 Å². The van der Waals surface area contributed by atoms with Crippen molar-refractivity contribution in [2.24, 2.45) is 0 Å². The zero-order valence-electron chi connectivity index (χ0n) is 12.1. The largest absolute Gasteiger partial charge is 0.435 e. The zero-order valence-corrected chi connectivity index (χ0v) is 12.8. The van der Waals surface area contributed by atoms with Crippen LogP contribution in [0.5, 0.6) is 0 Å². The van der Waals surface area contributed by atoms with Crippen LogP contribution in [0.25, 0.3) is 16.7 Å². The highest BCUT2D eigenvalue weighted by Gasteiger charge is 2.11. The van der Waals surface area contributed by atoms with Gasteiger partial charge >= 0.3 is 0 Å². The first-order valence-corrected chi connectivity index (χ1v) is 7.12. The third kappa shape index (κ3) is 3.19. The van der Waals surface area contributed by atoms with Crippen LogP contribution in [0.15, 0.2) is 53.1 Å². The van der Waals surface area contributed by atoms with Crippen LogP contribution >= 0.6 is 11.6 Å². The smallest absolute Gasteiger partial charge is 0.269 e. The average Bonchev–Trinajstić information content (AvgIpc) is 2.98. The highest BCUT2D eigenvalue weighted by molar-refractivity contribution is 6.31. The number of non-ortho nitro benzene ring substituents is 1. The second-order valence-corrected chi connectivity index (χ2v) is 5.19. The maximum Gasteiger partial charge on any atom is 0.269 e. The Labute approximate surface area is 140 Å². The summed E-state index contributed by atoms with van der Waals surface area (Å²) in [5, 5.41) is 23.3. The molecule has 0 unspecified atom stereocenters. The summed E-state index contributed by atoms with van der Waals surface area (Å²) in [6, 6.07) is 12.8. The molecular formula is C16H9ClN4O3. The molecule has 8 heteroatoms. The maximum absolute atomic E-state index is 10.6. The van der Waals surface area contributed by atoms with Crippen molar-refractivity contribution in [1.82, 2.24) is 4.98 Å². The summed E-state index contributed by atoms with van der Waals surface area (Å²) in [7, 11) is 0. The van der Waals surface area contributed by atoms with Gasteiger partial charge in [0.25, 0.3) is 5.69 Å². The van der Waals surface area contributed by atoms with Gasteiger partial charge in [0.05, 0.1) is 4.92 Å². The number of nitrogens with zero attached hydrogens (tertiary/aromatic N) is 3. The standard InChI is InChI=1S/C16H9ClN4O3/c17-11-1-6-15-14(7-11)20-16(24-15)10(8-18)9-19-12-2-4-13(5-3-12)21(22)23/h1-7,9,19H/b10-9-. The minimum absolute atomic E-state index is 0.0131. The molecule has 0 aliphatic carbocycles. The number of nitriles is 1. The van der Waals surface area contributed by atoms with E-state index in [2.05, 4.69) is 10.3 Å². The van der Waals surface area contributed by atoms with Crippen LogP contribution in [0.3, 0.4) is 0 Å². The lowest BCUT2D eigenvalue weighted by Gasteiger charge is -2.00. The van der Waals surface area contributed by atoms with E-state index in [0.717, 1.165) is 0 Å². The molecule has 24 heavy (non-hydrogen) atoms. The number of rotatable bonds is 4. The zero-order chi connectivity index (χ0) is 17.1. The number of anilines is 1. The van der Waals surface area contributed by atoms with Crippen LogP contribution in [-0.2, 0) is 0 Å². The van der Waals surface area contributed by atoms with Crippen LogP contribution < -0.4 is 5.32 Å². The predicted molar refractivity (Wildman–Crippen MR) is 89.3 cm³/mol. The Balaban J connectivity index is 1.85. The van der Waals surface area contributed by atoms with E-state index in [-0.39, 0.29) is 17.2 Å². The second-order valence-electron chi connectivity index (χ2n) is 4.75. The van der Waals surface area contributed by atoms with Crippen LogP contribution in [0.4, 0.5) is 11.4 Å². The van der Waals surface area contributed by atoms with Crippen molar-refractivity contribution in [2.75, 3.05) is 5.32 Å². The molecule has 0 aliphatic heterocycles. The third-order valence-electron chi connectivity index (χ3n) is 3.16. The predicted octanol–water partition coefficient (Wildman–Crippen LogP) is 4.37. The number of hydrogen-bond acceptors (Lipinski definition) is 6. The van der Waals surface area contributed by atoms with E-state index >= 15 is 0 Å². The number of hydrogen-bond donors (Lipinski definition) is 1. The number of oxazole rings is 1. The van der Waals surface area contributed by atoms with E-state index in [0.29, 0.717) is 21.8 Å². The summed E-state index contributed by atoms with van der Waals surface area (Å²) in [5.41, 5.74) is 1.83. The van der Waals surface area contributed by atoms with Crippen LogP contribution in [0.2, 0.25) is 5.02 Å². The minimum atomic E-state index is -0.482. The molecule has 1 heterocycles. The van der Waals surface area contributed by atoms with Gasteiger partial charge in [0.1, 0.15) is 17.2 Å². The Kier molecular flexibility index (Phi) is 4.14. The van der Waals surface area contributed by atoms with E-state index in [9.17, 15) is 15.4 Å². The van der Waals surface area contributed by atoms with Gasteiger partial charge < -0.3 is 9.73 Å². The van der Waals surface area contributed by atoms with E-state index in [1.807, 2.05) is 6.07 Å². The monoisotopic (exact) mass is 340 g/mol. The van der Waals surface area contributed by atoms with Crippen molar-refractivity contribution in [3.05, 3.63) is 69.7 Å². The summed E-state index contributed by atoms with van der Waals surface area (Å²) < 4.78 is 5.53. The van der Waals surface area contributed by atoms with Crippen molar-refractivity contribution in [2.45, 2.75) is 0 Å². The van der Waals surface area contributed by atoms with E-state index in [1.165, 1.54) is 30.5 Å². The Morgan fingerprint density at radius 1 is 1.33 bits per heavy atom. The fourth-order valence-electron chi connectivity index (χ4n) is 1.99. The molecule has 0 atom stereocenters. The molecule has 3 rings (SSSR count). The summed E-state index contributed by atoms with van der Waals surface area (Å²) in [6.45, 7) is 0. The molecule has 0 saturated carbocycles.